The van der Waals surface area contributed by atoms with Gasteiger partial charge in [-0.2, -0.15) is 0 Å². The summed E-state index contributed by atoms with van der Waals surface area (Å²) in [6, 6.07) is 11.1. The molecule has 0 saturated carbocycles. The van der Waals surface area contributed by atoms with Gasteiger partial charge >= 0.3 is 6.09 Å². The van der Waals surface area contributed by atoms with Crippen LogP contribution in [0.2, 0.25) is 0 Å². The molecule has 7 heteroatoms. The van der Waals surface area contributed by atoms with Crippen LogP contribution < -0.4 is 5.32 Å². The van der Waals surface area contributed by atoms with Crippen LogP contribution in [0.3, 0.4) is 0 Å². The fraction of sp³-hybridized carbons (Fsp3) is 0.222. The van der Waals surface area contributed by atoms with E-state index in [4.69, 9.17) is 4.74 Å². The van der Waals surface area contributed by atoms with E-state index in [0.29, 0.717) is 24.2 Å². The van der Waals surface area contributed by atoms with Crippen molar-refractivity contribution in [1.29, 1.82) is 0 Å². The van der Waals surface area contributed by atoms with E-state index >= 15 is 0 Å². The Labute approximate surface area is 145 Å². The zero-order chi connectivity index (χ0) is 18.1. The van der Waals surface area contributed by atoms with Crippen LogP contribution in [-0.4, -0.2) is 22.5 Å². The lowest BCUT2D eigenvalue weighted by atomic mass is 10.2. The summed E-state index contributed by atoms with van der Waals surface area (Å²) in [5, 5.41) is 13.4. The molecule has 0 radical (unpaired) electrons. The van der Waals surface area contributed by atoms with E-state index < -0.39 is 11.0 Å². The topological polar surface area (TPSA) is 94.4 Å². The van der Waals surface area contributed by atoms with Gasteiger partial charge < -0.3 is 10.1 Å². The third-order valence-corrected chi connectivity index (χ3v) is 3.38. The lowest BCUT2D eigenvalue weighted by Crippen LogP contribution is -2.24. The van der Waals surface area contributed by atoms with Gasteiger partial charge in [0.05, 0.1) is 10.6 Å². The van der Waals surface area contributed by atoms with Gasteiger partial charge in [-0.25, -0.2) is 9.78 Å². The first-order valence-corrected chi connectivity index (χ1v) is 7.78. The Hall–Kier alpha value is -3.22. The van der Waals surface area contributed by atoms with Gasteiger partial charge in [-0.3, -0.25) is 10.1 Å². The number of hydrogen-bond acceptors (Lipinski definition) is 5. The number of aryl methyl sites for hydroxylation is 1. The largest absolute Gasteiger partial charge is 0.445 e. The van der Waals surface area contributed by atoms with Crippen molar-refractivity contribution in [3.63, 3.8) is 0 Å². The van der Waals surface area contributed by atoms with Crippen LogP contribution in [-0.2, 0) is 11.3 Å². The quantitative estimate of drug-likeness (QED) is 0.471. The molecule has 1 heterocycles. The van der Waals surface area contributed by atoms with Crippen molar-refractivity contribution in [1.82, 2.24) is 10.3 Å². The summed E-state index contributed by atoms with van der Waals surface area (Å²) < 4.78 is 5.09. The number of alkyl carbamates (subject to hydrolysis) is 1. The van der Waals surface area contributed by atoms with Crippen molar-refractivity contribution in [2.75, 3.05) is 6.54 Å². The molecule has 0 atom stereocenters. The second-order valence-corrected chi connectivity index (χ2v) is 5.33. The summed E-state index contributed by atoms with van der Waals surface area (Å²) in [4.78, 5) is 25.9. The van der Waals surface area contributed by atoms with Gasteiger partial charge in [-0.1, -0.05) is 36.4 Å². The first kappa shape index (κ1) is 18.1. The minimum Gasteiger partial charge on any atom is -0.445 e. The maximum Gasteiger partial charge on any atom is 0.407 e. The molecule has 0 spiro atoms. The number of aromatic nitrogens is 1. The highest BCUT2D eigenvalue weighted by molar-refractivity contribution is 5.67. The molecule has 7 nitrogen and oxygen atoms in total. The van der Waals surface area contributed by atoms with Crippen molar-refractivity contribution in [2.24, 2.45) is 0 Å². The van der Waals surface area contributed by atoms with Gasteiger partial charge in [0, 0.05) is 12.1 Å². The number of pyridine rings is 1. The lowest BCUT2D eigenvalue weighted by molar-refractivity contribution is -0.385. The summed E-state index contributed by atoms with van der Waals surface area (Å²) >= 11 is 0. The number of carbonyl (C=O) groups excluding carboxylic acids is 1. The molecule has 0 aliphatic rings. The SMILES string of the molecule is Cc1cc(C=CCCNC(=O)OCc2ccccc2)ncc1[N+](=O)[O-]. The number of nitro groups is 1. The van der Waals surface area contributed by atoms with Crippen molar-refractivity contribution in [3.05, 3.63) is 75.6 Å². The number of amides is 1. The minimum absolute atomic E-state index is 0.0000202. The normalized spacial score (nSPS) is 10.6. The van der Waals surface area contributed by atoms with Crippen LogP contribution in [0, 0.1) is 17.0 Å². The molecule has 1 N–H and O–H groups in total. The number of benzene rings is 1. The zero-order valence-corrected chi connectivity index (χ0v) is 13.8. The Balaban J connectivity index is 1.70. The van der Waals surface area contributed by atoms with Gasteiger partial charge in [-0.05, 0) is 31.1 Å². The molecule has 1 aromatic heterocycles. The highest BCUT2D eigenvalue weighted by atomic mass is 16.6. The lowest BCUT2D eigenvalue weighted by Gasteiger charge is -2.05. The van der Waals surface area contributed by atoms with Gasteiger partial charge in [0.1, 0.15) is 12.8 Å². The summed E-state index contributed by atoms with van der Waals surface area (Å²) in [6.07, 6.45) is 4.96. The van der Waals surface area contributed by atoms with E-state index in [9.17, 15) is 14.9 Å². The molecule has 0 bridgehead atoms. The number of ether oxygens (including phenoxy) is 1. The molecule has 130 valence electrons. The van der Waals surface area contributed by atoms with E-state index in [2.05, 4.69) is 10.3 Å². The smallest absolute Gasteiger partial charge is 0.407 e. The van der Waals surface area contributed by atoms with Crippen LogP contribution in [0.25, 0.3) is 6.08 Å². The Morgan fingerprint density at radius 2 is 2.12 bits per heavy atom. The van der Waals surface area contributed by atoms with E-state index in [1.54, 1.807) is 19.1 Å². The molecule has 0 aliphatic heterocycles. The third-order valence-electron chi connectivity index (χ3n) is 3.38. The van der Waals surface area contributed by atoms with Crippen molar-refractivity contribution in [2.45, 2.75) is 20.0 Å². The van der Waals surface area contributed by atoms with Crippen molar-refractivity contribution < 1.29 is 14.5 Å². The van der Waals surface area contributed by atoms with Crippen LogP contribution in [0.4, 0.5) is 10.5 Å². The molecule has 0 saturated heterocycles. The van der Waals surface area contributed by atoms with E-state index in [1.807, 2.05) is 36.4 Å². The molecule has 0 fully saturated rings. The van der Waals surface area contributed by atoms with Crippen molar-refractivity contribution >= 4 is 17.9 Å². The minimum atomic E-state index is -0.471. The van der Waals surface area contributed by atoms with Gasteiger partial charge in [0.25, 0.3) is 5.69 Å². The third kappa shape index (κ3) is 6.06. The Morgan fingerprint density at radius 1 is 1.36 bits per heavy atom. The summed E-state index contributed by atoms with van der Waals surface area (Å²) in [7, 11) is 0. The summed E-state index contributed by atoms with van der Waals surface area (Å²) in [5.74, 6) is 0. The molecular formula is C18H19N3O4. The molecule has 0 unspecified atom stereocenters. The fourth-order valence-corrected chi connectivity index (χ4v) is 2.09. The number of nitrogens with zero attached hydrogens (tertiary/aromatic N) is 2. The maximum absolute atomic E-state index is 11.6. The first-order chi connectivity index (χ1) is 12.1. The Morgan fingerprint density at radius 3 is 2.80 bits per heavy atom. The number of nitrogens with one attached hydrogen (secondary N) is 1. The molecule has 25 heavy (non-hydrogen) atoms. The molecule has 0 aliphatic carbocycles. The maximum atomic E-state index is 11.6. The second-order valence-electron chi connectivity index (χ2n) is 5.33. The standard InChI is InChI=1S/C18H19N3O4/c1-14-11-16(20-12-17(14)21(23)24)9-5-6-10-19-18(22)25-13-15-7-3-2-4-8-15/h2-5,7-9,11-12H,6,10,13H2,1H3,(H,19,22). The van der Waals surface area contributed by atoms with Crippen LogP contribution in [0.1, 0.15) is 23.2 Å². The highest BCUT2D eigenvalue weighted by Gasteiger charge is 2.10. The Kier molecular flexibility index (Phi) is 6.65. The van der Waals surface area contributed by atoms with Crippen LogP contribution in [0.15, 0.2) is 48.7 Å². The predicted octanol–water partition coefficient (Wildman–Crippen LogP) is 3.63. The van der Waals surface area contributed by atoms with Crippen molar-refractivity contribution in [3.8, 4) is 0 Å². The van der Waals surface area contributed by atoms with E-state index in [-0.39, 0.29) is 12.3 Å². The highest BCUT2D eigenvalue weighted by Crippen LogP contribution is 2.17. The number of hydrogen-bond donors (Lipinski definition) is 1. The van der Waals surface area contributed by atoms with Crippen LogP contribution in [0.5, 0.6) is 0 Å². The Bertz CT molecular complexity index is 760. The average molecular weight is 341 g/mol. The monoisotopic (exact) mass is 341 g/mol. The van der Waals surface area contributed by atoms with Gasteiger partial charge in [0.15, 0.2) is 0 Å². The van der Waals surface area contributed by atoms with E-state index in [0.717, 1.165) is 5.56 Å². The molecule has 2 rings (SSSR count). The second kappa shape index (κ2) is 9.17. The molecular weight excluding hydrogens is 322 g/mol. The summed E-state index contributed by atoms with van der Waals surface area (Å²) in [6.45, 7) is 2.33. The average Bonchev–Trinajstić information content (AvgIpc) is 2.60. The molecule has 2 aromatic rings. The van der Waals surface area contributed by atoms with Gasteiger partial charge in [-0.15, -0.1) is 0 Å². The number of carbonyl (C=O) groups is 1. The zero-order valence-electron chi connectivity index (χ0n) is 13.8. The van der Waals surface area contributed by atoms with Crippen LogP contribution >= 0.6 is 0 Å². The first-order valence-electron chi connectivity index (χ1n) is 7.78. The van der Waals surface area contributed by atoms with Gasteiger partial charge in [0.2, 0.25) is 0 Å². The predicted molar refractivity (Wildman–Crippen MR) is 93.9 cm³/mol. The summed E-state index contributed by atoms with van der Waals surface area (Å²) in [5.41, 5.74) is 2.12. The molecule has 1 aromatic carbocycles. The molecule has 1 amide bonds. The number of rotatable bonds is 7. The van der Waals surface area contributed by atoms with E-state index in [1.165, 1.54) is 6.20 Å². The fourth-order valence-electron chi connectivity index (χ4n) is 2.09.